The summed E-state index contributed by atoms with van der Waals surface area (Å²) in [5.41, 5.74) is 1.90. The Morgan fingerprint density at radius 3 is 2.62 bits per heavy atom. The van der Waals surface area contributed by atoms with Crippen LogP contribution in [0, 0.1) is 5.82 Å². The molecule has 0 radical (unpaired) electrons. The second-order valence-electron chi connectivity index (χ2n) is 8.94. The van der Waals surface area contributed by atoms with Gasteiger partial charge in [-0.05, 0) is 55.8 Å². The van der Waals surface area contributed by atoms with Gasteiger partial charge in [0.2, 0.25) is 0 Å². The summed E-state index contributed by atoms with van der Waals surface area (Å²) in [6.07, 6.45) is 0.859. The van der Waals surface area contributed by atoms with E-state index in [0.29, 0.717) is 30.4 Å². The molecule has 1 N–H and O–H groups in total. The minimum atomic E-state index is -0.299. The zero-order chi connectivity index (χ0) is 25.6. The molecule has 0 bridgehead atoms. The zero-order valence-corrected chi connectivity index (χ0v) is 20.7. The van der Waals surface area contributed by atoms with Gasteiger partial charge in [-0.2, -0.15) is 0 Å². The molecule has 7 nitrogen and oxygen atoms in total. The lowest BCUT2D eigenvalue weighted by Gasteiger charge is -2.39. The average molecular weight is 501 g/mol. The lowest BCUT2D eigenvalue weighted by molar-refractivity contribution is 0.0193. The number of hydrogen-bond donors (Lipinski definition) is 1. The molecule has 37 heavy (non-hydrogen) atoms. The molecule has 0 atom stereocenters. The first kappa shape index (κ1) is 24.6. The molecule has 0 spiro atoms. The second-order valence-corrected chi connectivity index (χ2v) is 8.94. The van der Waals surface area contributed by atoms with Crippen molar-refractivity contribution >= 4 is 16.8 Å². The van der Waals surface area contributed by atoms with Gasteiger partial charge in [0.15, 0.2) is 5.82 Å². The molecular weight excluding hydrogens is 471 g/mol. The molecule has 3 aromatic carbocycles. The number of halogens is 1. The van der Waals surface area contributed by atoms with Gasteiger partial charge in [0.05, 0.1) is 12.1 Å². The Morgan fingerprint density at radius 1 is 1.03 bits per heavy atom. The van der Waals surface area contributed by atoms with Gasteiger partial charge >= 0.3 is 0 Å². The van der Waals surface area contributed by atoms with Gasteiger partial charge in [0.1, 0.15) is 29.1 Å². The van der Waals surface area contributed by atoms with Gasteiger partial charge in [-0.25, -0.2) is 14.4 Å². The van der Waals surface area contributed by atoms with Crippen LogP contribution in [0.15, 0.2) is 72.8 Å². The third-order valence-corrected chi connectivity index (χ3v) is 6.20. The number of carbonyl (C=O) groups is 1. The van der Waals surface area contributed by atoms with Crippen molar-refractivity contribution < 1.29 is 18.7 Å². The molecule has 190 valence electrons. The highest BCUT2D eigenvalue weighted by Crippen LogP contribution is 2.24. The Bertz CT molecular complexity index is 1370. The quantitative estimate of drug-likeness (QED) is 0.318. The molecule has 1 aliphatic rings. The molecule has 4 aromatic rings. The fourth-order valence-electron chi connectivity index (χ4n) is 4.35. The van der Waals surface area contributed by atoms with Crippen LogP contribution < -0.4 is 14.8 Å². The molecule has 1 aromatic heterocycles. The van der Waals surface area contributed by atoms with Crippen LogP contribution in [0.1, 0.15) is 23.8 Å². The SMILES string of the molecule is CCOc1ccc(-c2nc(C(=O)NCCCN3CC(Oc4cccc(F)c4)C3)c3ccccc3n2)cc1. The maximum absolute atomic E-state index is 13.3. The molecule has 1 aliphatic heterocycles. The van der Waals surface area contributed by atoms with Gasteiger partial charge in [-0.3, -0.25) is 9.69 Å². The summed E-state index contributed by atoms with van der Waals surface area (Å²) in [6.45, 7) is 5.47. The van der Waals surface area contributed by atoms with Crippen LogP contribution in [0.2, 0.25) is 0 Å². The number of carbonyl (C=O) groups excluding carboxylic acids is 1. The van der Waals surface area contributed by atoms with Crippen LogP contribution in [0.25, 0.3) is 22.3 Å². The number of para-hydroxylation sites is 1. The Hall–Kier alpha value is -4.04. The van der Waals surface area contributed by atoms with Gasteiger partial charge < -0.3 is 14.8 Å². The molecule has 2 heterocycles. The Kier molecular flexibility index (Phi) is 7.56. The summed E-state index contributed by atoms with van der Waals surface area (Å²) in [5.74, 6) is 1.31. The van der Waals surface area contributed by atoms with E-state index in [1.165, 1.54) is 12.1 Å². The second kappa shape index (κ2) is 11.3. The first-order chi connectivity index (χ1) is 18.1. The first-order valence-corrected chi connectivity index (χ1v) is 12.5. The summed E-state index contributed by atoms with van der Waals surface area (Å²) in [4.78, 5) is 24.7. The Labute approximate surface area is 215 Å². The topological polar surface area (TPSA) is 76.6 Å². The fourth-order valence-corrected chi connectivity index (χ4v) is 4.35. The number of benzene rings is 3. The number of hydrogen-bond acceptors (Lipinski definition) is 6. The van der Waals surface area contributed by atoms with Crippen molar-refractivity contribution in [1.82, 2.24) is 20.2 Å². The predicted molar refractivity (Wildman–Crippen MR) is 140 cm³/mol. The third kappa shape index (κ3) is 6.03. The monoisotopic (exact) mass is 500 g/mol. The molecular formula is C29H29FN4O3. The lowest BCUT2D eigenvalue weighted by Crippen LogP contribution is -2.54. The highest BCUT2D eigenvalue weighted by molar-refractivity contribution is 6.04. The molecule has 5 rings (SSSR count). The first-order valence-electron chi connectivity index (χ1n) is 12.5. The number of likely N-dealkylation sites (tertiary alicyclic amines) is 1. The summed E-state index contributed by atoms with van der Waals surface area (Å²) >= 11 is 0. The largest absolute Gasteiger partial charge is 0.494 e. The molecule has 8 heteroatoms. The van der Waals surface area contributed by atoms with E-state index >= 15 is 0 Å². The van der Waals surface area contributed by atoms with Crippen LogP contribution in [0.3, 0.4) is 0 Å². The maximum Gasteiger partial charge on any atom is 0.270 e. The van der Waals surface area contributed by atoms with Crippen LogP contribution in [-0.2, 0) is 0 Å². The standard InChI is InChI=1S/C29H29FN4O3/c1-2-36-22-13-11-20(12-14-22)28-32-26-10-4-3-9-25(26)27(33-28)29(35)31-15-6-16-34-18-24(19-34)37-23-8-5-7-21(30)17-23/h3-5,7-14,17,24H,2,6,15-16,18-19H2,1H3,(H,31,35). The molecule has 1 saturated heterocycles. The van der Waals surface area contributed by atoms with E-state index in [1.54, 1.807) is 12.1 Å². The summed E-state index contributed by atoms with van der Waals surface area (Å²) in [7, 11) is 0. The zero-order valence-electron chi connectivity index (χ0n) is 20.7. The number of aromatic nitrogens is 2. The Morgan fingerprint density at radius 2 is 1.84 bits per heavy atom. The van der Waals surface area contributed by atoms with Gasteiger partial charge in [-0.15, -0.1) is 0 Å². The highest BCUT2D eigenvalue weighted by atomic mass is 19.1. The van der Waals surface area contributed by atoms with E-state index in [2.05, 4.69) is 20.2 Å². The minimum absolute atomic E-state index is 0.0600. The van der Waals surface area contributed by atoms with Gasteiger partial charge in [0.25, 0.3) is 5.91 Å². The smallest absolute Gasteiger partial charge is 0.270 e. The van der Waals surface area contributed by atoms with Crippen molar-refractivity contribution in [2.45, 2.75) is 19.4 Å². The number of ether oxygens (including phenoxy) is 2. The van der Waals surface area contributed by atoms with Gasteiger partial charge in [0, 0.05) is 43.2 Å². The predicted octanol–water partition coefficient (Wildman–Crippen LogP) is 4.72. The van der Waals surface area contributed by atoms with Gasteiger partial charge in [-0.1, -0.05) is 24.3 Å². The Balaban J connectivity index is 1.16. The van der Waals surface area contributed by atoms with E-state index < -0.39 is 0 Å². The average Bonchev–Trinajstić information content (AvgIpc) is 2.89. The minimum Gasteiger partial charge on any atom is -0.494 e. The van der Waals surface area contributed by atoms with Crippen molar-refractivity contribution in [3.8, 4) is 22.9 Å². The number of fused-ring (bicyclic) bond motifs is 1. The highest BCUT2D eigenvalue weighted by Gasteiger charge is 2.28. The third-order valence-electron chi connectivity index (χ3n) is 6.20. The van der Waals surface area contributed by atoms with Crippen molar-refractivity contribution in [3.63, 3.8) is 0 Å². The van der Waals surface area contributed by atoms with Crippen molar-refractivity contribution in [3.05, 3.63) is 84.3 Å². The normalized spacial score (nSPS) is 13.8. The molecule has 0 aliphatic carbocycles. The molecule has 1 fully saturated rings. The molecule has 0 saturated carbocycles. The van der Waals surface area contributed by atoms with Crippen LogP contribution >= 0.6 is 0 Å². The van der Waals surface area contributed by atoms with Crippen molar-refractivity contribution in [2.24, 2.45) is 0 Å². The van der Waals surface area contributed by atoms with Crippen LogP contribution in [0.4, 0.5) is 4.39 Å². The summed E-state index contributed by atoms with van der Waals surface area (Å²) in [5, 5.41) is 3.73. The van der Waals surface area contributed by atoms with Crippen molar-refractivity contribution in [2.75, 3.05) is 32.8 Å². The van der Waals surface area contributed by atoms with E-state index in [9.17, 15) is 9.18 Å². The fraction of sp³-hybridized carbons (Fsp3) is 0.276. The van der Waals surface area contributed by atoms with E-state index in [-0.39, 0.29) is 17.8 Å². The lowest BCUT2D eigenvalue weighted by atomic mass is 10.1. The summed E-state index contributed by atoms with van der Waals surface area (Å²) < 4.78 is 24.6. The number of nitrogens with zero attached hydrogens (tertiary/aromatic N) is 3. The van der Waals surface area contributed by atoms with E-state index in [1.807, 2.05) is 55.5 Å². The number of amides is 1. The number of nitrogens with one attached hydrogen (secondary N) is 1. The summed E-state index contributed by atoms with van der Waals surface area (Å²) in [6, 6.07) is 21.3. The van der Waals surface area contributed by atoms with Crippen LogP contribution in [0.5, 0.6) is 11.5 Å². The molecule has 0 unspecified atom stereocenters. The number of rotatable bonds is 10. The maximum atomic E-state index is 13.3. The van der Waals surface area contributed by atoms with E-state index in [4.69, 9.17) is 9.47 Å². The van der Waals surface area contributed by atoms with E-state index in [0.717, 1.165) is 48.3 Å². The van der Waals surface area contributed by atoms with Crippen LogP contribution in [-0.4, -0.2) is 59.7 Å². The van der Waals surface area contributed by atoms with Crippen molar-refractivity contribution in [1.29, 1.82) is 0 Å². The molecule has 1 amide bonds.